The Bertz CT molecular complexity index is 803. The average Bonchev–Trinajstić information content (AvgIpc) is 2.88. The molecule has 0 aliphatic carbocycles. The van der Waals surface area contributed by atoms with Crippen molar-refractivity contribution in [3.8, 4) is 0 Å². The van der Waals surface area contributed by atoms with Crippen molar-refractivity contribution in [2.75, 3.05) is 6.61 Å². The van der Waals surface area contributed by atoms with Gasteiger partial charge in [-0.1, -0.05) is 0 Å². The molecule has 0 spiro atoms. The molecule has 0 saturated carbocycles. The molecular formula is C12H17N5O5. The molecule has 0 atom stereocenters. The molecule has 0 aliphatic heterocycles. The number of nitrogens with zero attached hydrogens (tertiary/aromatic N) is 5. The molecule has 2 aromatic rings. The molecule has 10 heteroatoms. The zero-order chi connectivity index (χ0) is 16.3. The van der Waals surface area contributed by atoms with E-state index in [-0.39, 0.29) is 18.8 Å². The van der Waals surface area contributed by atoms with Crippen LogP contribution in [0.3, 0.4) is 0 Å². The SMILES string of the molecule is CCn1c(=O)c2c(ncn2CCCO[N+](=O)[O-])n(CC)c1=O. The highest BCUT2D eigenvalue weighted by atomic mass is 16.9. The second kappa shape index (κ2) is 6.41. The topological polar surface area (TPSA) is 114 Å². The predicted molar refractivity (Wildman–Crippen MR) is 77.2 cm³/mol. The van der Waals surface area contributed by atoms with Crippen LogP contribution in [0.5, 0.6) is 0 Å². The molecule has 0 aliphatic rings. The third-order valence-corrected chi connectivity index (χ3v) is 3.36. The maximum absolute atomic E-state index is 12.4. The first-order valence-electron chi connectivity index (χ1n) is 6.97. The molecule has 2 aromatic heterocycles. The Hall–Kier alpha value is -2.65. The van der Waals surface area contributed by atoms with Crippen LogP contribution in [0, 0.1) is 10.1 Å². The quantitative estimate of drug-likeness (QED) is 0.404. The zero-order valence-corrected chi connectivity index (χ0v) is 12.4. The van der Waals surface area contributed by atoms with Gasteiger partial charge in [0.2, 0.25) is 0 Å². The van der Waals surface area contributed by atoms with E-state index in [4.69, 9.17) is 0 Å². The van der Waals surface area contributed by atoms with Gasteiger partial charge in [-0.25, -0.2) is 9.78 Å². The normalized spacial score (nSPS) is 11.0. The van der Waals surface area contributed by atoms with Gasteiger partial charge in [0.15, 0.2) is 11.2 Å². The lowest BCUT2D eigenvalue weighted by atomic mass is 10.4. The Morgan fingerprint density at radius 2 is 1.95 bits per heavy atom. The summed E-state index contributed by atoms with van der Waals surface area (Å²) in [5, 5.41) is 9.25. The fraction of sp³-hybridized carbons (Fsp3) is 0.583. The highest BCUT2D eigenvalue weighted by Crippen LogP contribution is 2.07. The lowest BCUT2D eigenvalue weighted by Crippen LogP contribution is -2.40. The van der Waals surface area contributed by atoms with Gasteiger partial charge in [-0.2, -0.15) is 0 Å². The molecule has 0 bridgehead atoms. The number of aryl methyl sites for hydroxylation is 2. The van der Waals surface area contributed by atoms with Crippen molar-refractivity contribution in [3.63, 3.8) is 0 Å². The van der Waals surface area contributed by atoms with Crippen molar-refractivity contribution in [2.45, 2.75) is 39.9 Å². The number of hydrogen-bond acceptors (Lipinski definition) is 6. The lowest BCUT2D eigenvalue weighted by molar-refractivity contribution is -0.757. The summed E-state index contributed by atoms with van der Waals surface area (Å²) in [7, 11) is 0. The Kier molecular flexibility index (Phi) is 4.59. The van der Waals surface area contributed by atoms with Crippen LogP contribution in [0.1, 0.15) is 20.3 Å². The smallest absolute Gasteiger partial charge is 0.325 e. The van der Waals surface area contributed by atoms with Crippen molar-refractivity contribution in [2.24, 2.45) is 0 Å². The van der Waals surface area contributed by atoms with E-state index in [1.165, 1.54) is 10.9 Å². The van der Waals surface area contributed by atoms with Crippen LogP contribution in [-0.4, -0.2) is 30.4 Å². The largest absolute Gasteiger partial charge is 0.332 e. The number of fused-ring (bicyclic) bond motifs is 1. The summed E-state index contributed by atoms with van der Waals surface area (Å²) in [6.45, 7) is 4.46. The third kappa shape index (κ3) is 2.71. The van der Waals surface area contributed by atoms with Gasteiger partial charge in [0.1, 0.15) is 0 Å². The van der Waals surface area contributed by atoms with E-state index in [0.717, 1.165) is 4.57 Å². The summed E-state index contributed by atoms with van der Waals surface area (Å²) >= 11 is 0. The molecule has 2 rings (SSSR count). The molecule has 0 radical (unpaired) electrons. The summed E-state index contributed by atoms with van der Waals surface area (Å²) in [6.07, 6.45) is 1.81. The summed E-state index contributed by atoms with van der Waals surface area (Å²) in [5.41, 5.74) is -0.133. The standard InChI is InChI=1S/C12H17N5O5/c1-3-15-10-9(11(18)16(4-2)12(15)19)14(8-13-10)6-5-7-22-17(20)21/h8H,3-7H2,1-2H3. The molecule has 0 fully saturated rings. The van der Waals surface area contributed by atoms with E-state index < -0.39 is 10.6 Å². The van der Waals surface area contributed by atoms with E-state index in [0.29, 0.717) is 30.7 Å². The average molecular weight is 311 g/mol. The Balaban J connectivity index is 2.44. The zero-order valence-electron chi connectivity index (χ0n) is 12.4. The van der Waals surface area contributed by atoms with Crippen molar-refractivity contribution in [1.82, 2.24) is 18.7 Å². The first-order valence-corrected chi connectivity index (χ1v) is 6.97. The monoisotopic (exact) mass is 311 g/mol. The van der Waals surface area contributed by atoms with Gasteiger partial charge in [0.05, 0.1) is 12.9 Å². The highest BCUT2D eigenvalue weighted by molar-refractivity contribution is 5.70. The number of hydrogen-bond donors (Lipinski definition) is 0. The van der Waals surface area contributed by atoms with Crippen LogP contribution in [0.15, 0.2) is 15.9 Å². The Morgan fingerprint density at radius 3 is 2.55 bits per heavy atom. The van der Waals surface area contributed by atoms with E-state index >= 15 is 0 Å². The first kappa shape index (κ1) is 15.7. The Labute approximate surface area is 124 Å². The van der Waals surface area contributed by atoms with Crippen LogP contribution in [0.4, 0.5) is 0 Å². The molecule has 0 saturated heterocycles. The fourth-order valence-corrected chi connectivity index (χ4v) is 2.35. The van der Waals surface area contributed by atoms with Crippen LogP contribution in [0.25, 0.3) is 11.2 Å². The molecule has 0 aromatic carbocycles. The second-order valence-electron chi connectivity index (χ2n) is 4.60. The van der Waals surface area contributed by atoms with Crippen LogP contribution in [0.2, 0.25) is 0 Å². The van der Waals surface area contributed by atoms with Gasteiger partial charge >= 0.3 is 5.69 Å². The van der Waals surface area contributed by atoms with Crippen molar-refractivity contribution < 1.29 is 9.92 Å². The molecule has 0 unspecified atom stereocenters. The first-order chi connectivity index (χ1) is 10.5. The van der Waals surface area contributed by atoms with Crippen LogP contribution >= 0.6 is 0 Å². The van der Waals surface area contributed by atoms with Gasteiger partial charge in [0, 0.05) is 19.6 Å². The van der Waals surface area contributed by atoms with E-state index in [1.807, 2.05) is 0 Å². The molecule has 2 heterocycles. The van der Waals surface area contributed by atoms with Gasteiger partial charge in [-0.05, 0) is 20.3 Å². The second-order valence-corrected chi connectivity index (χ2v) is 4.60. The molecule has 120 valence electrons. The van der Waals surface area contributed by atoms with Crippen molar-refractivity contribution in [3.05, 3.63) is 37.3 Å². The fourth-order valence-electron chi connectivity index (χ4n) is 2.35. The predicted octanol–water partition coefficient (Wildman–Crippen LogP) is -0.00210. The molecular weight excluding hydrogens is 294 g/mol. The summed E-state index contributed by atoms with van der Waals surface area (Å²) in [6, 6.07) is 0. The molecule has 10 nitrogen and oxygen atoms in total. The van der Waals surface area contributed by atoms with Crippen molar-refractivity contribution in [1.29, 1.82) is 0 Å². The maximum atomic E-state index is 12.4. The number of aromatic nitrogens is 4. The van der Waals surface area contributed by atoms with Crippen molar-refractivity contribution >= 4 is 11.2 Å². The van der Waals surface area contributed by atoms with Gasteiger partial charge in [-0.3, -0.25) is 13.9 Å². The minimum Gasteiger partial charge on any atom is -0.325 e. The van der Waals surface area contributed by atoms with Gasteiger partial charge < -0.3 is 9.40 Å². The molecule has 0 amide bonds. The van der Waals surface area contributed by atoms with E-state index in [1.54, 1.807) is 18.4 Å². The summed E-state index contributed by atoms with van der Waals surface area (Å²) < 4.78 is 4.18. The number of imidazole rings is 1. The summed E-state index contributed by atoms with van der Waals surface area (Å²) in [5.74, 6) is 0. The maximum Gasteiger partial charge on any atom is 0.332 e. The Morgan fingerprint density at radius 1 is 1.27 bits per heavy atom. The number of rotatable bonds is 7. The lowest BCUT2D eigenvalue weighted by Gasteiger charge is -2.09. The molecule has 0 N–H and O–H groups in total. The third-order valence-electron chi connectivity index (χ3n) is 3.36. The minimum absolute atomic E-state index is 0.0674. The summed E-state index contributed by atoms with van der Waals surface area (Å²) in [4.78, 5) is 43.1. The van der Waals surface area contributed by atoms with Gasteiger partial charge in [-0.15, -0.1) is 10.1 Å². The van der Waals surface area contributed by atoms with Crippen LogP contribution in [-0.2, 0) is 24.5 Å². The highest BCUT2D eigenvalue weighted by Gasteiger charge is 2.16. The molecule has 22 heavy (non-hydrogen) atoms. The van der Waals surface area contributed by atoms with E-state index in [9.17, 15) is 19.7 Å². The van der Waals surface area contributed by atoms with E-state index in [2.05, 4.69) is 9.82 Å². The van der Waals surface area contributed by atoms with Gasteiger partial charge in [0.25, 0.3) is 10.6 Å². The van der Waals surface area contributed by atoms with Crippen LogP contribution < -0.4 is 11.2 Å². The minimum atomic E-state index is -0.856.